The van der Waals surface area contributed by atoms with Gasteiger partial charge in [-0.3, -0.25) is 0 Å². The number of rotatable bonds is 3. The van der Waals surface area contributed by atoms with E-state index in [1.54, 1.807) is 0 Å². The smallest absolute Gasteiger partial charge is 0.0591 e. The van der Waals surface area contributed by atoms with Crippen molar-refractivity contribution < 1.29 is 5.11 Å². The molecule has 1 saturated carbocycles. The third-order valence-corrected chi connectivity index (χ3v) is 4.12. The van der Waals surface area contributed by atoms with Crippen LogP contribution in [0.4, 0.5) is 0 Å². The van der Waals surface area contributed by atoms with E-state index in [2.05, 4.69) is 27.7 Å². The van der Waals surface area contributed by atoms with Crippen LogP contribution in [0.2, 0.25) is 0 Å². The molecule has 1 rings (SSSR count). The minimum absolute atomic E-state index is 0.0513. The van der Waals surface area contributed by atoms with Gasteiger partial charge in [0, 0.05) is 0 Å². The van der Waals surface area contributed by atoms with Crippen LogP contribution >= 0.6 is 0 Å². The first-order valence-corrected chi connectivity index (χ1v) is 6.63. The summed E-state index contributed by atoms with van der Waals surface area (Å²) in [6.07, 6.45) is 7.68. The van der Waals surface area contributed by atoms with Gasteiger partial charge < -0.3 is 5.11 Å². The Balaban J connectivity index is 2.48. The van der Waals surface area contributed by atoms with E-state index in [9.17, 15) is 5.11 Å². The molecule has 1 heteroatoms. The Labute approximate surface area is 95.3 Å². The molecule has 1 aliphatic carbocycles. The van der Waals surface area contributed by atoms with E-state index in [0.29, 0.717) is 0 Å². The SMILES string of the molecule is CCC1CCCCC1CC(O)C(C)(C)C. The van der Waals surface area contributed by atoms with E-state index in [-0.39, 0.29) is 11.5 Å². The van der Waals surface area contributed by atoms with Gasteiger partial charge in [-0.2, -0.15) is 0 Å². The standard InChI is InChI=1S/C14H28O/c1-5-11-8-6-7-9-12(11)10-13(15)14(2,3)4/h11-13,15H,5-10H2,1-4H3. The summed E-state index contributed by atoms with van der Waals surface area (Å²) in [5, 5.41) is 10.2. The molecule has 15 heavy (non-hydrogen) atoms. The predicted molar refractivity (Wildman–Crippen MR) is 65.8 cm³/mol. The van der Waals surface area contributed by atoms with Crippen molar-refractivity contribution in [3.05, 3.63) is 0 Å². The minimum Gasteiger partial charge on any atom is -0.393 e. The van der Waals surface area contributed by atoms with Crippen LogP contribution in [0, 0.1) is 17.3 Å². The van der Waals surface area contributed by atoms with Gasteiger partial charge in [-0.1, -0.05) is 59.8 Å². The second kappa shape index (κ2) is 5.34. The Kier molecular flexibility index (Phi) is 4.64. The molecule has 90 valence electrons. The van der Waals surface area contributed by atoms with Gasteiger partial charge in [0.25, 0.3) is 0 Å². The Morgan fingerprint density at radius 1 is 1.13 bits per heavy atom. The van der Waals surface area contributed by atoms with Crippen LogP contribution < -0.4 is 0 Å². The highest BCUT2D eigenvalue weighted by Crippen LogP contribution is 2.37. The van der Waals surface area contributed by atoms with Gasteiger partial charge in [0.15, 0.2) is 0 Å². The van der Waals surface area contributed by atoms with Crippen LogP contribution in [0.15, 0.2) is 0 Å². The van der Waals surface area contributed by atoms with Gasteiger partial charge in [-0.25, -0.2) is 0 Å². The van der Waals surface area contributed by atoms with Crippen LogP contribution in [0.1, 0.15) is 66.2 Å². The summed E-state index contributed by atoms with van der Waals surface area (Å²) in [5.74, 6) is 1.65. The normalized spacial score (nSPS) is 30.2. The quantitative estimate of drug-likeness (QED) is 0.749. The van der Waals surface area contributed by atoms with E-state index in [1.807, 2.05) is 0 Å². The maximum Gasteiger partial charge on any atom is 0.0591 e. The second-order valence-electron chi connectivity index (χ2n) is 6.33. The lowest BCUT2D eigenvalue weighted by molar-refractivity contribution is 0.0239. The third kappa shape index (κ3) is 3.79. The van der Waals surface area contributed by atoms with Gasteiger partial charge in [0.2, 0.25) is 0 Å². The maximum atomic E-state index is 10.2. The molecule has 1 fully saturated rings. The first-order chi connectivity index (χ1) is 6.95. The van der Waals surface area contributed by atoms with Crippen LogP contribution in [0.3, 0.4) is 0 Å². The summed E-state index contributed by atoms with van der Waals surface area (Å²) < 4.78 is 0. The molecule has 1 N–H and O–H groups in total. The highest BCUT2D eigenvalue weighted by molar-refractivity contribution is 4.81. The van der Waals surface area contributed by atoms with Crippen LogP contribution in [0.25, 0.3) is 0 Å². The summed E-state index contributed by atoms with van der Waals surface area (Å²) in [6.45, 7) is 8.72. The fourth-order valence-electron chi connectivity index (χ4n) is 2.77. The van der Waals surface area contributed by atoms with Crippen LogP contribution in [-0.4, -0.2) is 11.2 Å². The monoisotopic (exact) mass is 212 g/mol. The number of hydrogen-bond donors (Lipinski definition) is 1. The van der Waals surface area contributed by atoms with Crippen molar-refractivity contribution in [2.75, 3.05) is 0 Å². The Hall–Kier alpha value is -0.0400. The molecule has 0 spiro atoms. The first kappa shape index (κ1) is 13.0. The number of aliphatic hydroxyl groups excluding tert-OH is 1. The Morgan fingerprint density at radius 3 is 2.13 bits per heavy atom. The fourth-order valence-corrected chi connectivity index (χ4v) is 2.77. The second-order valence-corrected chi connectivity index (χ2v) is 6.33. The van der Waals surface area contributed by atoms with Crippen molar-refractivity contribution in [1.29, 1.82) is 0 Å². The lowest BCUT2D eigenvalue weighted by Crippen LogP contribution is -2.31. The van der Waals surface area contributed by atoms with Crippen molar-refractivity contribution in [2.24, 2.45) is 17.3 Å². The van der Waals surface area contributed by atoms with Crippen molar-refractivity contribution in [2.45, 2.75) is 72.3 Å². The molecule has 1 aliphatic rings. The van der Waals surface area contributed by atoms with Crippen LogP contribution in [-0.2, 0) is 0 Å². The maximum absolute atomic E-state index is 10.2. The topological polar surface area (TPSA) is 20.2 Å². The molecule has 3 unspecified atom stereocenters. The van der Waals surface area contributed by atoms with Gasteiger partial charge in [-0.05, 0) is 23.7 Å². The molecule has 3 atom stereocenters. The van der Waals surface area contributed by atoms with E-state index < -0.39 is 0 Å². The summed E-state index contributed by atoms with van der Waals surface area (Å²) in [4.78, 5) is 0. The van der Waals surface area contributed by atoms with E-state index in [0.717, 1.165) is 18.3 Å². The molecular formula is C14H28O. The van der Waals surface area contributed by atoms with Crippen molar-refractivity contribution in [3.63, 3.8) is 0 Å². The van der Waals surface area contributed by atoms with E-state index >= 15 is 0 Å². The Morgan fingerprint density at radius 2 is 1.67 bits per heavy atom. The summed E-state index contributed by atoms with van der Waals surface area (Å²) >= 11 is 0. The predicted octanol–water partition coefficient (Wildman–Crippen LogP) is 4.00. The van der Waals surface area contributed by atoms with Gasteiger partial charge in [0.1, 0.15) is 0 Å². The molecule has 0 aromatic carbocycles. The van der Waals surface area contributed by atoms with E-state index in [4.69, 9.17) is 0 Å². The molecule has 0 bridgehead atoms. The average molecular weight is 212 g/mol. The third-order valence-electron chi connectivity index (χ3n) is 4.12. The molecule has 0 amide bonds. The molecule has 0 saturated heterocycles. The largest absolute Gasteiger partial charge is 0.393 e. The molecule has 0 aromatic rings. The van der Waals surface area contributed by atoms with Gasteiger partial charge in [-0.15, -0.1) is 0 Å². The zero-order valence-corrected chi connectivity index (χ0v) is 10.9. The van der Waals surface area contributed by atoms with Gasteiger partial charge >= 0.3 is 0 Å². The molecular weight excluding hydrogens is 184 g/mol. The highest BCUT2D eigenvalue weighted by Gasteiger charge is 2.30. The van der Waals surface area contributed by atoms with Crippen molar-refractivity contribution in [3.8, 4) is 0 Å². The fraction of sp³-hybridized carbons (Fsp3) is 1.00. The minimum atomic E-state index is -0.130. The molecule has 0 heterocycles. The lowest BCUT2D eigenvalue weighted by Gasteiger charge is -2.35. The zero-order chi connectivity index (χ0) is 11.5. The van der Waals surface area contributed by atoms with Crippen molar-refractivity contribution in [1.82, 2.24) is 0 Å². The number of hydrogen-bond acceptors (Lipinski definition) is 1. The summed E-state index contributed by atoms with van der Waals surface area (Å²) in [7, 11) is 0. The first-order valence-electron chi connectivity index (χ1n) is 6.63. The molecule has 0 aliphatic heterocycles. The lowest BCUT2D eigenvalue weighted by atomic mass is 9.72. The van der Waals surface area contributed by atoms with Gasteiger partial charge in [0.05, 0.1) is 6.10 Å². The summed E-state index contributed by atoms with van der Waals surface area (Å²) in [6, 6.07) is 0. The average Bonchev–Trinajstić information content (AvgIpc) is 2.17. The number of aliphatic hydroxyl groups is 1. The van der Waals surface area contributed by atoms with Crippen molar-refractivity contribution >= 4 is 0 Å². The zero-order valence-electron chi connectivity index (χ0n) is 10.9. The Bertz CT molecular complexity index is 180. The van der Waals surface area contributed by atoms with Crippen LogP contribution in [0.5, 0.6) is 0 Å². The summed E-state index contributed by atoms with van der Waals surface area (Å²) in [5.41, 5.74) is 0.0513. The molecule has 0 radical (unpaired) electrons. The van der Waals surface area contributed by atoms with E-state index in [1.165, 1.54) is 32.1 Å². The molecule has 1 nitrogen and oxygen atoms in total. The highest BCUT2D eigenvalue weighted by atomic mass is 16.3. The molecule has 0 aromatic heterocycles.